The van der Waals surface area contributed by atoms with Crippen LogP contribution < -0.4 is 16.0 Å². The molecule has 0 fully saturated rings. The summed E-state index contributed by atoms with van der Waals surface area (Å²) >= 11 is 0. The Hall–Kier alpha value is -1.96. The maximum atomic E-state index is 12.1. The average Bonchev–Trinajstić information content (AvgIpc) is 2.57. The first-order valence-corrected chi connectivity index (χ1v) is 8.33. The van der Waals surface area contributed by atoms with Crippen LogP contribution in [-0.4, -0.2) is 45.7 Å². The summed E-state index contributed by atoms with van der Waals surface area (Å²) in [6, 6.07) is 6.51. The predicted octanol–water partition coefficient (Wildman–Crippen LogP) is 2.06. The standard InChI is InChI=1S/C15H23N3O4.C3H8/c1-10(17-13(19)9-16-2)14(20)18-12-7-5-6-11(8-12)15(21-3)22-4;1-3-2/h5-8,10,15-16H,9H2,1-4H3,(H,17,19)(H,18,20);3H2,1-2H3. The first-order valence-electron chi connectivity index (χ1n) is 8.33. The van der Waals surface area contributed by atoms with Crippen LogP contribution in [0.5, 0.6) is 0 Å². The number of rotatable bonds is 8. The zero-order valence-electron chi connectivity index (χ0n) is 16.0. The highest BCUT2D eigenvalue weighted by molar-refractivity contribution is 5.97. The number of carbonyl (C=O) groups is 2. The van der Waals surface area contributed by atoms with Crippen molar-refractivity contribution in [2.45, 2.75) is 39.5 Å². The van der Waals surface area contributed by atoms with E-state index in [9.17, 15) is 9.59 Å². The topological polar surface area (TPSA) is 88.7 Å². The largest absolute Gasteiger partial charge is 0.352 e. The summed E-state index contributed by atoms with van der Waals surface area (Å²) in [6.07, 6.45) is 0.754. The fourth-order valence-electron chi connectivity index (χ4n) is 1.90. The van der Waals surface area contributed by atoms with Gasteiger partial charge in [-0.15, -0.1) is 0 Å². The predicted molar refractivity (Wildman–Crippen MR) is 99.3 cm³/mol. The number of amides is 2. The van der Waals surface area contributed by atoms with Crippen molar-refractivity contribution in [3.8, 4) is 0 Å². The third kappa shape index (κ3) is 9.19. The Kier molecular flexibility index (Phi) is 12.3. The Morgan fingerprint density at radius 2 is 1.76 bits per heavy atom. The maximum absolute atomic E-state index is 12.1. The number of anilines is 1. The van der Waals surface area contributed by atoms with E-state index < -0.39 is 12.3 Å². The minimum Gasteiger partial charge on any atom is -0.352 e. The van der Waals surface area contributed by atoms with Crippen LogP contribution in [0.3, 0.4) is 0 Å². The van der Waals surface area contributed by atoms with Gasteiger partial charge in [0.1, 0.15) is 6.04 Å². The molecular weight excluding hydrogens is 322 g/mol. The van der Waals surface area contributed by atoms with Crippen molar-refractivity contribution >= 4 is 17.5 Å². The number of nitrogens with one attached hydrogen (secondary N) is 3. The van der Waals surface area contributed by atoms with Gasteiger partial charge in [0.2, 0.25) is 11.8 Å². The Morgan fingerprint density at radius 1 is 1.16 bits per heavy atom. The van der Waals surface area contributed by atoms with Crippen LogP contribution in [0.4, 0.5) is 5.69 Å². The number of ether oxygens (including phenoxy) is 2. The molecule has 0 aliphatic carbocycles. The summed E-state index contributed by atoms with van der Waals surface area (Å²) in [7, 11) is 4.75. The Bertz CT molecular complexity index is 519. The lowest BCUT2D eigenvalue weighted by Crippen LogP contribution is -2.44. The van der Waals surface area contributed by atoms with Crippen molar-refractivity contribution in [2.75, 3.05) is 33.1 Å². The van der Waals surface area contributed by atoms with E-state index >= 15 is 0 Å². The van der Waals surface area contributed by atoms with Crippen LogP contribution in [0, 0.1) is 0 Å². The van der Waals surface area contributed by atoms with Gasteiger partial charge in [-0.1, -0.05) is 32.4 Å². The second-order valence-corrected chi connectivity index (χ2v) is 5.44. The van der Waals surface area contributed by atoms with Crippen molar-refractivity contribution in [1.29, 1.82) is 0 Å². The maximum Gasteiger partial charge on any atom is 0.246 e. The molecule has 1 aromatic carbocycles. The van der Waals surface area contributed by atoms with Crippen LogP contribution in [0.1, 0.15) is 39.0 Å². The van der Waals surface area contributed by atoms with Gasteiger partial charge in [0, 0.05) is 25.5 Å². The number of benzene rings is 1. The van der Waals surface area contributed by atoms with Crippen LogP contribution in [0.15, 0.2) is 24.3 Å². The molecule has 0 aromatic heterocycles. The van der Waals surface area contributed by atoms with E-state index in [0.717, 1.165) is 5.56 Å². The summed E-state index contributed by atoms with van der Waals surface area (Å²) in [5.41, 5.74) is 1.39. The third-order valence-corrected chi connectivity index (χ3v) is 2.96. The lowest BCUT2D eigenvalue weighted by atomic mass is 10.2. The smallest absolute Gasteiger partial charge is 0.246 e. The highest BCUT2D eigenvalue weighted by Gasteiger charge is 2.16. The van der Waals surface area contributed by atoms with Gasteiger partial charge >= 0.3 is 0 Å². The zero-order chi connectivity index (χ0) is 19.2. The minimum absolute atomic E-state index is 0.163. The van der Waals surface area contributed by atoms with E-state index in [1.54, 1.807) is 46.4 Å². The van der Waals surface area contributed by atoms with Gasteiger partial charge < -0.3 is 25.4 Å². The molecule has 1 unspecified atom stereocenters. The molecule has 7 heteroatoms. The number of methoxy groups -OCH3 is 2. The molecule has 1 aromatic rings. The normalized spacial score (nSPS) is 11.3. The van der Waals surface area contributed by atoms with Crippen molar-refractivity contribution in [3.05, 3.63) is 29.8 Å². The molecule has 0 spiro atoms. The second-order valence-electron chi connectivity index (χ2n) is 5.44. The first kappa shape index (κ1) is 23.0. The Balaban J connectivity index is 0.00000178. The molecule has 0 saturated heterocycles. The molecule has 3 N–H and O–H groups in total. The summed E-state index contributed by atoms with van der Waals surface area (Å²) < 4.78 is 10.3. The fourth-order valence-corrected chi connectivity index (χ4v) is 1.90. The van der Waals surface area contributed by atoms with Crippen molar-refractivity contribution in [3.63, 3.8) is 0 Å². The molecule has 0 saturated carbocycles. The van der Waals surface area contributed by atoms with Crippen LogP contribution >= 0.6 is 0 Å². The van der Waals surface area contributed by atoms with E-state index in [1.807, 2.05) is 6.07 Å². The van der Waals surface area contributed by atoms with Crippen LogP contribution in [0.25, 0.3) is 0 Å². The Labute approximate surface area is 150 Å². The van der Waals surface area contributed by atoms with Gasteiger partial charge in [0.15, 0.2) is 6.29 Å². The molecule has 0 aliphatic heterocycles. The van der Waals surface area contributed by atoms with Gasteiger partial charge in [-0.05, 0) is 26.1 Å². The van der Waals surface area contributed by atoms with Crippen LogP contribution in [-0.2, 0) is 19.1 Å². The quantitative estimate of drug-likeness (QED) is 0.623. The van der Waals surface area contributed by atoms with Gasteiger partial charge in [0.25, 0.3) is 0 Å². The van der Waals surface area contributed by atoms with Gasteiger partial charge in [-0.25, -0.2) is 0 Å². The van der Waals surface area contributed by atoms with Crippen molar-refractivity contribution in [2.24, 2.45) is 0 Å². The van der Waals surface area contributed by atoms with Gasteiger partial charge in [0.05, 0.1) is 6.54 Å². The van der Waals surface area contributed by atoms with Gasteiger partial charge in [-0.3, -0.25) is 9.59 Å². The molecule has 0 aliphatic rings. The molecule has 142 valence electrons. The third-order valence-electron chi connectivity index (χ3n) is 2.96. The number of hydrogen-bond donors (Lipinski definition) is 3. The molecule has 0 bridgehead atoms. The molecule has 1 rings (SSSR count). The first-order chi connectivity index (χ1) is 11.9. The number of carbonyl (C=O) groups excluding carboxylic acids is 2. The minimum atomic E-state index is -0.634. The molecule has 0 radical (unpaired) electrons. The molecule has 25 heavy (non-hydrogen) atoms. The van der Waals surface area contributed by atoms with E-state index in [-0.39, 0.29) is 18.4 Å². The summed E-state index contributed by atoms with van der Waals surface area (Å²) in [6.45, 7) is 6.04. The summed E-state index contributed by atoms with van der Waals surface area (Å²) in [5.74, 6) is -0.536. The molecular formula is C18H31N3O4. The summed E-state index contributed by atoms with van der Waals surface area (Å²) in [5, 5.41) is 8.07. The molecule has 0 heterocycles. The number of hydrogen-bond acceptors (Lipinski definition) is 5. The van der Waals surface area contributed by atoms with E-state index in [0.29, 0.717) is 5.69 Å². The second kappa shape index (κ2) is 13.3. The van der Waals surface area contributed by atoms with E-state index in [2.05, 4.69) is 29.8 Å². The zero-order valence-corrected chi connectivity index (χ0v) is 16.0. The van der Waals surface area contributed by atoms with Crippen LogP contribution in [0.2, 0.25) is 0 Å². The SMILES string of the molecule is CCC.CNCC(=O)NC(C)C(=O)Nc1cccc(C(OC)OC)c1. The molecule has 1 atom stereocenters. The highest BCUT2D eigenvalue weighted by atomic mass is 16.7. The van der Waals surface area contributed by atoms with E-state index in [1.165, 1.54) is 6.42 Å². The number of likely N-dealkylation sites (N-methyl/N-ethyl adjacent to an activating group) is 1. The van der Waals surface area contributed by atoms with Crippen molar-refractivity contribution < 1.29 is 19.1 Å². The lowest BCUT2D eigenvalue weighted by Gasteiger charge is -2.17. The Morgan fingerprint density at radius 3 is 2.28 bits per heavy atom. The highest BCUT2D eigenvalue weighted by Crippen LogP contribution is 2.20. The molecule has 7 nitrogen and oxygen atoms in total. The van der Waals surface area contributed by atoms with Gasteiger partial charge in [-0.2, -0.15) is 0 Å². The average molecular weight is 353 g/mol. The molecule has 2 amide bonds. The van der Waals surface area contributed by atoms with E-state index in [4.69, 9.17) is 9.47 Å². The monoisotopic (exact) mass is 353 g/mol. The van der Waals surface area contributed by atoms with Crippen molar-refractivity contribution in [1.82, 2.24) is 10.6 Å². The summed E-state index contributed by atoms with van der Waals surface area (Å²) in [4.78, 5) is 23.5. The fraction of sp³-hybridized carbons (Fsp3) is 0.556. The lowest BCUT2D eigenvalue weighted by molar-refractivity contribution is -0.125.